The Morgan fingerprint density at radius 1 is 1.00 bits per heavy atom. The minimum atomic E-state index is 0.135. The molecule has 0 spiro atoms. The quantitative estimate of drug-likeness (QED) is 0.465. The van der Waals surface area contributed by atoms with E-state index in [0.29, 0.717) is 0 Å². The third kappa shape index (κ3) is 4.63. The summed E-state index contributed by atoms with van der Waals surface area (Å²) in [5.41, 5.74) is 3.46. The molecule has 1 amide bonds. The molecule has 1 aliphatic carbocycles. The number of carbonyl (C=O) groups is 1. The van der Waals surface area contributed by atoms with Crippen LogP contribution in [0, 0.1) is 6.92 Å². The number of anilines is 1. The molecule has 1 fully saturated rings. The molecule has 1 aliphatic heterocycles. The molecule has 0 unspecified atom stereocenters. The maximum atomic E-state index is 13.0. The number of hydrogen-bond donors (Lipinski definition) is 0. The second kappa shape index (κ2) is 9.80. The van der Waals surface area contributed by atoms with E-state index in [4.69, 9.17) is 9.97 Å². The first-order valence-electron chi connectivity index (χ1n) is 12.6. The number of nitrogens with zero attached hydrogens (tertiary/aromatic N) is 4. The summed E-state index contributed by atoms with van der Waals surface area (Å²) in [5, 5.41) is 1.30. The van der Waals surface area contributed by atoms with Gasteiger partial charge in [-0.2, -0.15) is 0 Å². The van der Waals surface area contributed by atoms with Crippen LogP contribution in [0.2, 0.25) is 0 Å². The summed E-state index contributed by atoms with van der Waals surface area (Å²) >= 11 is 1.90. The van der Waals surface area contributed by atoms with Crippen LogP contribution in [0.15, 0.2) is 24.3 Å². The highest BCUT2D eigenvalue weighted by Gasteiger charge is 2.27. The van der Waals surface area contributed by atoms with Crippen molar-refractivity contribution in [2.75, 3.05) is 31.1 Å². The van der Waals surface area contributed by atoms with Crippen molar-refractivity contribution in [3.63, 3.8) is 0 Å². The topological polar surface area (TPSA) is 49.3 Å². The van der Waals surface area contributed by atoms with Gasteiger partial charge in [-0.25, -0.2) is 9.97 Å². The Morgan fingerprint density at radius 3 is 2.52 bits per heavy atom. The predicted octanol–water partition coefficient (Wildman–Crippen LogP) is 5.57. The van der Waals surface area contributed by atoms with E-state index in [2.05, 4.69) is 18.7 Å². The predicted molar refractivity (Wildman–Crippen MR) is 137 cm³/mol. The van der Waals surface area contributed by atoms with E-state index in [9.17, 15) is 4.79 Å². The van der Waals surface area contributed by atoms with Crippen LogP contribution in [0.5, 0.6) is 0 Å². The van der Waals surface area contributed by atoms with Crippen molar-refractivity contribution in [3.8, 4) is 0 Å². The summed E-state index contributed by atoms with van der Waals surface area (Å²) in [6, 6.07) is 7.92. The highest BCUT2D eigenvalue weighted by molar-refractivity contribution is 7.19. The molecule has 33 heavy (non-hydrogen) atoms. The zero-order chi connectivity index (χ0) is 22.8. The molecule has 1 saturated heterocycles. The van der Waals surface area contributed by atoms with E-state index in [1.807, 2.05) is 40.5 Å². The number of fused-ring (bicyclic) bond motifs is 3. The summed E-state index contributed by atoms with van der Waals surface area (Å²) in [7, 11) is 0. The Hall–Kier alpha value is -2.47. The van der Waals surface area contributed by atoms with Gasteiger partial charge in [-0.15, -0.1) is 11.3 Å². The number of aromatic nitrogens is 2. The van der Waals surface area contributed by atoms with Gasteiger partial charge >= 0.3 is 0 Å². The van der Waals surface area contributed by atoms with Gasteiger partial charge in [-0.05, 0) is 56.7 Å². The number of thiophene rings is 1. The van der Waals surface area contributed by atoms with Gasteiger partial charge in [0.25, 0.3) is 5.91 Å². The average Bonchev–Trinajstić information content (AvgIpc) is 3.03. The fourth-order valence-corrected chi connectivity index (χ4v) is 6.31. The fourth-order valence-electron chi connectivity index (χ4n) is 5.03. The van der Waals surface area contributed by atoms with Gasteiger partial charge in [0.15, 0.2) is 0 Å². The summed E-state index contributed by atoms with van der Waals surface area (Å²) in [4.78, 5) is 30.3. The fraction of sp³-hybridized carbons (Fsp3) is 0.519. The lowest BCUT2D eigenvalue weighted by molar-refractivity contribution is 0.0746. The molecule has 3 heterocycles. The molecule has 5 rings (SSSR count). The van der Waals surface area contributed by atoms with Crippen LogP contribution in [0.25, 0.3) is 10.2 Å². The van der Waals surface area contributed by atoms with E-state index in [1.165, 1.54) is 51.9 Å². The molecule has 0 bridgehead atoms. The number of piperazine rings is 1. The van der Waals surface area contributed by atoms with Gasteiger partial charge in [0.1, 0.15) is 16.5 Å². The van der Waals surface area contributed by atoms with Gasteiger partial charge in [0, 0.05) is 43.0 Å². The van der Waals surface area contributed by atoms with Crippen LogP contribution in [0.3, 0.4) is 0 Å². The van der Waals surface area contributed by atoms with Gasteiger partial charge in [0.05, 0.1) is 5.39 Å². The molecule has 0 saturated carbocycles. The standard InChI is InChI=1S/C27H34N4OS/c1-3-4-10-23-28-25(24-21-8-6-5-7-9-22(21)33-26(24)29-23)30-15-17-31(18-16-30)27(32)20-13-11-19(2)12-14-20/h11-14H,3-10,15-18H2,1-2H3. The van der Waals surface area contributed by atoms with Crippen LogP contribution in [0.1, 0.15) is 71.2 Å². The summed E-state index contributed by atoms with van der Waals surface area (Å²) in [6.45, 7) is 7.37. The van der Waals surface area contributed by atoms with Gasteiger partial charge in [-0.3, -0.25) is 4.79 Å². The largest absolute Gasteiger partial charge is 0.352 e. The Bertz CT molecular complexity index is 1130. The molecule has 1 aromatic carbocycles. The summed E-state index contributed by atoms with van der Waals surface area (Å²) in [5.74, 6) is 2.23. The maximum Gasteiger partial charge on any atom is 0.253 e. The number of amides is 1. The highest BCUT2D eigenvalue weighted by Crippen LogP contribution is 2.39. The molecule has 3 aromatic rings. The van der Waals surface area contributed by atoms with E-state index in [-0.39, 0.29) is 5.91 Å². The SMILES string of the molecule is CCCCc1nc(N2CCN(C(=O)c3ccc(C)cc3)CC2)c2c3c(sc2n1)CCCCC3. The van der Waals surface area contributed by atoms with Crippen LogP contribution < -0.4 is 4.90 Å². The number of hydrogen-bond acceptors (Lipinski definition) is 5. The normalized spacial score (nSPS) is 16.7. The van der Waals surface area contributed by atoms with E-state index in [1.54, 1.807) is 0 Å². The Labute approximate surface area is 200 Å². The van der Waals surface area contributed by atoms with Crippen LogP contribution in [0.4, 0.5) is 5.82 Å². The molecule has 174 valence electrons. The zero-order valence-corrected chi connectivity index (χ0v) is 20.7. The van der Waals surface area contributed by atoms with Crippen molar-refractivity contribution < 1.29 is 4.79 Å². The van der Waals surface area contributed by atoms with Crippen molar-refractivity contribution in [2.45, 2.75) is 65.2 Å². The molecule has 6 heteroatoms. The number of rotatable bonds is 5. The lowest BCUT2D eigenvalue weighted by atomic mass is 10.1. The van der Waals surface area contributed by atoms with Gasteiger partial charge < -0.3 is 9.80 Å². The van der Waals surface area contributed by atoms with Crippen LogP contribution in [-0.4, -0.2) is 47.0 Å². The van der Waals surface area contributed by atoms with Crippen molar-refractivity contribution in [3.05, 3.63) is 51.7 Å². The van der Waals surface area contributed by atoms with Crippen LogP contribution in [-0.2, 0) is 19.3 Å². The first kappa shape index (κ1) is 22.3. The number of aryl methyl sites for hydroxylation is 4. The Kier molecular flexibility index (Phi) is 6.63. The lowest BCUT2D eigenvalue weighted by Gasteiger charge is -2.36. The van der Waals surface area contributed by atoms with Gasteiger partial charge in [-0.1, -0.05) is 37.5 Å². The molecule has 0 N–H and O–H groups in total. The Morgan fingerprint density at radius 2 is 1.76 bits per heavy atom. The second-order valence-corrected chi connectivity index (χ2v) is 10.5. The minimum Gasteiger partial charge on any atom is -0.352 e. The third-order valence-electron chi connectivity index (χ3n) is 7.01. The zero-order valence-electron chi connectivity index (χ0n) is 19.9. The van der Waals surface area contributed by atoms with Crippen molar-refractivity contribution in [2.24, 2.45) is 0 Å². The van der Waals surface area contributed by atoms with Crippen molar-refractivity contribution >= 4 is 33.3 Å². The average molecular weight is 463 g/mol. The number of unbranched alkanes of at least 4 members (excludes halogenated alkanes) is 1. The first-order chi connectivity index (χ1) is 16.1. The highest BCUT2D eigenvalue weighted by atomic mass is 32.1. The smallest absolute Gasteiger partial charge is 0.253 e. The van der Waals surface area contributed by atoms with Crippen LogP contribution >= 0.6 is 11.3 Å². The summed E-state index contributed by atoms with van der Waals surface area (Å²) in [6.07, 6.45) is 9.39. The lowest BCUT2D eigenvalue weighted by Crippen LogP contribution is -2.49. The van der Waals surface area contributed by atoms with E-state index >= 15 is 0 Å². The van der Waals surface area contributed by atoms with Gasteiger partial charge in [0.2, 0.25) is 0 Å². The molecule has 5 nitrogen and oxygen atoms in total. The molecular weight excluding hydrogens is 428 g/mol. The second-order valence-electron chi connectivity index (χ2n) is 9.46. The maximum absolute atomic E-state index is 13.0. The summed E-state index contributed by atoms with van der Waals surface area (Å²) < 4.78 is 0. The first-order valence-corrected chi connectivity index (χ1v) is 13.4. The molecular formula is C27H34N4OS. The number of benzene rings is 1. The molecule has 2 aliphatic rings. The Balaban J connectivity index is 1.42. The van der Waals surface area contributed by atoms with E-state index < -0.39 is 0 Å². The number of carbonyl (C=O) groups excluding carboxylic acids is 1. The molecule has 0 atom stereocenters. The molecule has 0 radical (unpaired) electrons. The molecule has 2 aromatic heterocycles. The van der Waals surface area contributed by atoms with E-state index in [0.717, 1.165) is 69.1 Å². The monoisotopic (exact) mass is 462 g/mol. The minimum absolute atomic E-state index is 0.135. The third-order valence-corrected chi connectivity index (χ3v) is 8.20. The van der Waals surface area contributed by atoms with Crippen molar-refractivity contribution in [1.82, 2.24) is 14.9 Å². The van der Waals surface area contributed by atoms with Crippen molar-refractivity contribution in [1.29, 1.82) is 0 Å².